The molecule has 4 heterocycles. The molecule has 9 heteroatoms. The molecule has 4 rings (SSSR count). The molecule has 1 aliphatic heterocycles. The third-order valence-electron chi connectivity index (χ3n) is 4.43. The lowest BCUT2D eigenvalue weighted by Crippen LogP contribution is -2.38. The summed E-state index contributed by atoms with van der Waals surface area (Å²) in [6, 6.07) is 1.81. The van der Waals surface area contributed by atoms with E-state index in [-0.39, 0.29) is 5.91 Å². The van der Waals surface area contributed by atoms with Gasteiger partial charge in [0.15, 0.2) is 18.2 Å². The Morgan fingerprint density at radius 1 is 1.36 bits per heavy atom. The van der Waals surface area contributed by atoms with Gasteiger partial charge in [-0.15, -0.1) is 0 Å². The van der Waals surface area contributed by atoms with Crippen LogP contribution in [0.25, 0.3) is 0 Å². The quantitative estimate of drug-likeness (QED) is 0.750. The summed E-state index contributed by atoms with van der Waals surface area (Å²) in [4.78, 5) is 22.4. The van der Waals surface area contributed by atoms with Crippen LogP contribution < -0.4 is 0 Å². The van der Waals surface area contributed by atoms with E-state index in [1.165, 1.54) is 6.39 Å². The normalized spacial score (nSPS) is 15.2. The van der Waals surface area contributed by atoms with E-state index in [9.17, 15) is 9.90 Å². The standard InChI is InChI=1S/C16H18N6O3/c1-10-13(18-9-25-10)16(24)21-5-6-22-11(8-21)7-12(19-22)14(23)15-17-3-4-20(15)2/h3-4,7,9,14,23H,5-6,8H2,1-2H3. The number of carbonyl (C=O) groups is 1. The minimum Gasteiger partial charge on any atom is -0.448 e. The molecule has 130 valence electrons. The number of oxazole rings is 1. The van der Waals surface area contributed by atoms with Crippen LogP contribution in [0.5, 0.6) is 0 Å². The van der Waals surface area contributed by atoms with E-state index in [1.807, 2.05) is 17.8 Å². The van der Waals surface area contributed by atoms with Gasteiger partial charge in [0.05, 0.1) is 24.5 Å². The maximum absolute atomic E-state index is 12.6. The molecule has 0 radical (unpaired) electrons. The van der Waals surface area contributed by atoms with Crippen molar-refractivity contribution in [2.45, 2.75) is 26.1 Å². The number of aliphatic hydroxyl groups excluding tert-OH is 1. The summed E-state index contributed by atoms with van der Waals surface area (Å²) in [5.41, 5.74) is 1.72. The number of amides is 1. The Kier molecular flexibility index (Phi) is 3.65. The summed E-state index contributed by atoms with van der Waals surface area (Å²) in [6.07, 6.45) is 3.78. The Morgan fingerprint density at radius 2 is 2.20 bits per heavy atom. The average Bonchev–Trinajstić information content (AvgIpc) is 3.32. The summed E-state index contributed by atoms with van der Waals surface area (Å²) < 4.78 is 8.69. The smallest absolute Gasteiger partial charge is 0.276 e. The number of aryl methyl sites for hydroxylation is 2. The van der Waals surface area contributed by atoms with E-state index in [4.69, 9.17) is 4.42 Å². The van der Waals surface area contributed by atoms with Gasteiger partial charge in [0.25, 0.3) is 5.91 Å². The van der Waals surface area contributed by atoms with E-state index in [1.54, 1.807) is 28.8 Å². The number of hydrogen-bond donors (Lipinski definition) is 1. The fraction of sp³-hybridized carbons (Fsp3) is 0.375. The van der Waals surface area contributed by atoms with Crippen molar-refractivity contribution in [1.29, 1.82) is 0 Å². The molecule has 0 saturated carbocycles. The van der Waals surface area contributed by atoms with E-state index in [2.05, 4.69) is 15.1 Å². The Bertz CT molecular complexity index is 924. The van der Waals surface area contributed by atoms with Crippen molar-refractivity contribution in [2.24, 2.45) is 7.05 Å². The Labute approximate surface area is 143 Å². The highest BCUT2D eigenvalue weighted by Crippen LogP contribution is 2.23. The van der Waals surface area contributed by atoms with E-state index >= 15 is 0 Å². The highest BCUT2D eigenvalue weighted by Gasteiger charge is 2.28. The maximum Gasteiger partial charge on any atom is 0.276 e. The molecule has 1 amide bonds. The number of carbonyl (C=O) groups excluding carboxylic acids is 1. The molecule has 3 aromatic rings. The molecule has 9 nitrogen and oxygen atoms in total. The number of aliphatic hydroxyl groups is 1. The van der Waals surface area contributed by atoms with Gasteiger partial charge in [-0.05, 0) is 13.0 Å². The maximum atomic E-state index is 12.6. The summed E-state index contributed by atoms with van der Waals surface area (Å²) in [5.74, 6) is 0.876. The number of rotatable bonds is 3. The zero-order valence-corrected chi connectivity index (χ0v) is 14.0. The SMILES string of the molecule is Cc1ocnc1C(=O)N1CCn2nc(C(O)c3nccn3C)cc2C1. The van der Waals surface area contributed by atoms with Crippen LogP contribution in [-0.4, -0.2) is 46.8 Å². The van der Waals surface area contributed by atoms with Gasteiger partial charge in [-0.25, -0.2) is 9.97 Å². The average molecular weight is 342 g/mol. The lowest BCUT2D eigenvalue weighted by atomic mass is 10.2. The molecule has 0 bridgehead atoms. The van der Waals surface area contributed by atoms with E-state index in [0.717, 1.165) is 5.69 Å². The molecule has 0 spiro atoms. The first-order valence-corrected chi connectivity index (χ1v) is 7.96. The van der Waals surface area contributed by atoms with Gasteiger partial charge in [0.1, 0.15) is 11.6 Å². The highest BCUT2D eigenvalue weighted by atomic mass is 16.3. The van der Waals surface area contributed by atoms with Crippen molar-refractivity contribution < 1.29 is 14.3 Å². The Hall–Kier alpha value is -2.94. The Morgan fingerprint density at radius 3 is 2.88 bits per heavy atom. The van der Waals surface area contributed by atoms with Gasteiger partial charge in [0.2, 0.25) is 0 Å². The first-order chi connectivity index (χ1) is 12.0. The largest absolute Gasteiger partial charge is 0.448 e. The van der Waals surface area contributed by atoms with Crippen molar-refractivity contribution >= 4 is 5.91 Å². The minimum absolute atomic E-state index is 0.162. The van der Waals surface area contributed by atoms with Crippen LogP contribution in [0.1, 0.15) is 39.6 Å². The van der Waals surface area contributed by atoms with Crippen molar-refractivity contribution in [3.63, 3.8) is 0 Å². The number of fused-ring (bicyclic) bond motifs is 1. The van der Waals surface area contributed by atoms with Crippen LogP contribution in [0.15, 0.2) is 29.3 Å². The molecule has 3 aromatic heterocycles. The number of hydrogen-bond acceptors (Lipinski definition) is 6. The van der Waals surface area contributed by atoms with E-state index in [0.29, 0.717) is 42.6 Å². The van der Waals surface area contributed by atoms with Gasteiger partial charge in [0, 0.05) is 26.0 Å². The third kappa shape index (κ3) is 2.62. The second-order valence-electron chi connectivity index (χ2n) is 6.07. The van der Waals surface area contributed by atoms with Gasteiger partial charge in [-0.2, -0.15) is 5.10 Å². The zero-order chi connectivity index (χ0) is 17.6. The van der Waals surface area contributed by atoms with Gasteiger partial charge in [-0.3, -0.25) is 9.48 Å². The lowest BCUT2D eigenvalue weighted by molar-refractivity contribution is 0.0698. The topological polar surface area (TPSA) is 102 Å². The molecular weight excluding hydrogens is 324 g/mol. The zero-order valence-electron chi connectivity index (χ0n) is 14.0. The molecule has 1 unspecified atom stereocenters. The monoisotopic (exact) mass is 342 g/mol. The second-order valence-corrected chi connectivity index (χ2v) is 6.07. The third-order valence-corrected chi connectivity index (χ3v) is 4.43. The molecule has 1 aliphatic rings. The molecule has 0 fully saturated rings. The van der Waals surface area contributed by atoms with Crippen LogP contribution in [0, 0.1) is 6.92 Å². The summed E-state index contributed by atoms with van der Waals surface area (Å²) in [5, 5.41) is 15.0. The van der Waals surface area contributed by atoms with Crippen LogP contribution in [0.2, 0.25) is 0 Å². The number of imidazole rings is 1. The second kappa shape index (κ2) is 5.85. The van der Waals surface area contributed by atoms with Crippen LogP contribution in [-0.2, 0) is 20.1 Å². The summed E-state index contributed by atoms with van der Waals surface area (Å²) in [6.45, 7) is 3.21. The van der Waals surface area contributed by atoms with Crippen molar-refractivity contribution in [2.75, 3.05) is 6.54 Å². The highest BCUT2D eigenvalue weighted by molar-refractivity contribution is 5.93. The molecular formula is C16H18N6O3. The van der Waals surface area contributed by atoms with Gasteiger partial charge < -0.3 is 19.0 Å². The Balaban J connectivity index is 1.56. The predicted molar refractivity (Wildman–Crippen MR) is 85.5 cm³/mol. The lowest BCUT2D eigenvalue weighted by Gasteiger charge is -2.27. The molecule has 0 aromatic carbocycles. The first kappa shape index (κ1) is 15.6. The van der Waals surface area contributed by atoms with Crippen LogP contribution in [0.3, 0.4) is 0 Å². The predicted octanol–water partition coefficient (Wildman–Crippen LogP) is 0.651. The van der Waals surface area contributed by atoms with Crippen molar-refractivity contribution in [3.8, 4) is 0 Å². The molecule has 0 aliphatic carbocycles. The fourth-order valence-corrected chi connectivity index (χ4v) is 3.03. The molecule has 1 atom stereocenters. The number of nitrogens with zero attached hydrogens (tertiary/aromatic N) is 6. The minimum atomic E-state index is -0.903. The number of aromatic nitrogens is 5. The summed E-state index contributed by atoms with van der Waals surface area (Å²) in [7, 11) is 1.82. The molecule has 1 N–H and O–H groups in total. The molecule has 0 saturated heterocycles. The fourth-order valence-electron chi connectivity index (χ4n) is 3.03. The first-order valence-electron chi connectivity index (χ1n) is 7.96. The van der Waals surface area contributed by atoms with Gasteiger partial charge in [-0.1, -0.05) is 0 Å². The van der Waals surface area contributed by atoms with Crippen molar-refractivity contribution in [3.05, 3.63) is 53.5 Å². The van der Waals surface area contributed by atoms with Crippen molar-refractivity contribution in [1.82, 2.24) is 29.2 Å². The van der Waals surface area contributed by atoms with Gasteiger partial charge >= 0.3 is 0 Å². The summed E-state index contributed by atoms with van der Waals surface area (Å²) >= 11 is 0. The van der Waals surface area contributed by atoms with Crippen LogP contribution in [0.4, 0.5) is 0 Å². The molecule has 25 heavy (non-hydrogen) atoms. The van der Waals surface area contributed by atoms with E-state index < -0.39 is 6.10 Å². The van der Waals surface area contributed by atoms with Crippen LogP contribution >= 0.6 is 0 Å².